The van der Waals surface area contributed by atoms with Crippen molar-refractivity contribution in [3.63, 3.8) is 0 Å². The van der Waals surface area contributed by atoms with Crippen LogP contribution in [-0.4, -0.2) is 84.6 Å². The van der Waals surface area contributed by atoms with Crippen molar-refractivity contribution in [2.75, 3.05) is 33.4 Å². The molecule has 0 N–H and O–H groups in total. The summed E-state index contributed by atoms with van der Waals surface area (Å²) in [5, 5.41) is 0.291. The van der Waals surface area contributed by atoms with Crippen molar-refractivity contribution in [1.29, 1.82) is 0 Å². The summed E-state index contributed by atoms with van der Waals surface area (Å²) in [7, 11) is 15.1. The molecule has 8 heteroatoms. The van der Waals surface area contributed by atoms with E-state index in [2.05, 4.69) is 0 Å². The zero-order valence-corrected chi connectivity index (χ0v) is 14.3. The van der Waals surface area contributed by atoms with Crippen molar-refractivity contribution in [1.82, 2.24) is 0 Å². The maximum absolute atomic E-state index is 5.90. The van der Waals surface area contributed by atoms with E-state index in [-0.39, 0.29) is 36.2 Å². The molecule has 0 aromatic carbocycles. The summed E-state index contributed by atoms with van der Waals surface area (Å²) in [6, 6.07) is -0.508. The Bertz CT molecular complexity index is 338. The van der Waals surface area contributed by atoms with Crippen molar-refractivity contribution >= 4 is 27.5 Å². The molecule has 0 aromatic heterocycles. The Morgan fingerprint density at radius 1 is 1.14 bits per heavy atom. The van der Waals surface area contributed by atoms with Gasteiger partial charge in [0.05, 0.1) is 31.4 Å². The predicted molar refractivity (Wildman–Crippen MR) is 87.5 cm³/mol. The van der Waals surface area contributed by atoms with Crippen molar-refractivity contribution in [2.24, 2.45) is 5.92 Å². The standard InChI is InChI=1S/C14H24B2O5S/c1-8-13(18-3)10(21-14(8)16)6-19-7-22-11-4-12(15)20-9(11)5-17-2/h8-14H,4-7H2,1-3H3/t8-,9+,10+,11?,12+,13?,14+/m0/s1. The van der Waals surface area contributed by atoms with Gasteiger partial charge in [0.2, 0.25) is 0 Å². The third-order valence-electron chi connectivity index (χ3n) is 4.21. The Morgan fingerprint density at radius 3 is 2.59 bits per heavy atom. The Kier molecular flexibility index (Phi) is 7.57. The molecule has 2 rings (SSSR count). The second kappa shape index (κ2) is 8.94. The lowest BCUT2D eigenvalue weighted by molar-refractivity contribution is -0.0361. The molecule has 2 heterocycles. The number of thioether (sulfide) groups is 1. The van der Waals surface area contributed by atoms with E-state index in [9.17, 15) is 0 Å². The highest BCUT2D eigenvalue weighted by molar-refractivity contribution is 7.99. The Morgan fingerprint density at radius 2 is 1.91 bits per heavy atom. The first kappa shape index (κ1) is 18.6. The molecule has 0 spiro atoms. The number of hydrogen-bond acceptors (Lipinski definition) is 6. The molecule has 7 atom stereocenters. The quantitative estimate of drug-likeness (QED) is 0.369. The van der Waals surface area contributed by atoms with Crippen LogP contribution in [0.15, 0.2) is 0 Å². The van der Waals surface area contributed by atoms with Gasteiger partial charge in [-0.15, -0.1) is 11.8 Å². The van der Waals surface area contributed by atoms with E-state index in [1.165, 1.54) is 0 Å². The van der Waals surface area contributed by atoms with Gasteiger partial charge >= 0.3 is 0 Å². The molecule has 122 valence electrons. The fraction of sp³-hybridized carbons (Fsp3) is 1.00. The summed E-state index contributed by atoms with van der Waals surface area (Å²) in [4.78, 5) is 0. The fourth-order valence-corrected chi connectivity index (χ4v) is 4.01. The maximum atomic E-state index is 5.90. The first-order chi connectivity index (χ1) is 10.6. The van der Waals surface area contributed by atoms with Crippen molar-refractivity contribution in [3.05, 3.63) is 0 Å². The van der Waals surface area contributed by atoms with Crippen LogP contribution in [-0.2, 0) is 23.7 Å². The third-order valence-corrected chi connectivity index (χ3v) is 5.44. The molecule has 22 heavy (non-hydrogen) atoms. The van der Waals surface area contributed by atoms with Crippen LogP contribution in [0, 0.1) is 5.92 Å². The highest BCUT2D eigenvalue weighted by Gasteiger charge is 2.39. The molecule has 0 amide bonds. The lowest BCUT2D eigenvalue weighted by atomic mass is 9.86. The smallest absolute Gasteiger partial charge is 0.109 e. The first-order valence-corrected chi connectivity index (χ1v) is 8.64. The average Bonchev–Trinajstić information content (AvgIpc) is 2.96. The minimum atomic E-state index is -0.293. The zero-order chi connectivity index (χ0) is 16.1. The molecule has 2 saturated heterocycles. The minimum absolute atomic E-state index is 0.0236. The van der Waals surface area contributed by atoms with Crippen LogP contribution in [0.25, 0.3) is 0 Å². The molecule has 2 unspecified atom stereocenters. The Labute approximate surface area is 139 Å². The molecule has 0 saturated carbocycles. The van der Waals surface area contributed by atoms with Gasteiger partial charge in [0, 0.05) is 37.4 Å². The van der Waals surface area contributed by atoms with Gasteiger partial charge in [-0.25, -0.2) is 0 Å². The lowest BCUT2D eigenvalue weighted by Crippen LogP contribution is -2.31. The van der Waals surface area contributed by atoms with Gasteiger partial charge in [-0.1, -0.05) is 6.92 Å². The summed E-state index contributed by atoms with van der Waals surface area (Å²) in [6.45, 7) is 3.05. The molecule has 5 nitrogen and oxygen atoms in total. The highest BCUT2D eigenvalue weighted by Crippen LogP contribution is 2.31. The molecule has 0 bridgehead atoms. The van der Waals surface area contributed by atoms with Crippen LogP contribution in [0.2, 0.25) is 0 Å². The topological polar surface area (TPSA) is 46.2 Å². The minimum Gasteiger partial charge on any atom is -0.382 e. The van der Waals surface area contributed by atoms with E-state index in [0.29, 0.717) is 24.4 Å². The van der Waals surface area contributed by atoms with Crippen LogP contribution in [0.1, 0.15) is 13.3 Å². The second-order valence-corrected chi connectivity index (χ2v) is 6.97. The van der Waals surface area contributed by atoms with Gasteiger partial charge in [0.1, 0.15) is 21.8 Å². The van der Waals surface area contributed by atoms with Crippen LogP contribution in [0.5, 0.6) is 0 Å². The largest absolute Gasteiger partial charge is 0.382 e. The Hall–Kier alpha value is 0.280. The monoisotopic (exact) mass is 326 g/mol. The van der Waals surface area contributed by atoms with Crippen molar-refractivity contribution in [3.8, 4) is 0 Å². The normalized spacial score (nSPS) is 42.0. The highest BCUT2D eigenvalue weighted by atomic mass is 32.2. The molecular formula is C14H24B2O5S. The summed E-state index contributed by atoms with van der Waals surface area (Å²) >= 11 is 1.69. The van der Waals surface area contributed by atoms with Gasteiger partial charge in [-0.05, 0) is 6.42 Å². The fourth-order valence-electron chi connectivity index (χ4n) is 2.96. The Balaban J connectivity index is 1.68. The van der Waals surface area contributed by atoms with Crippen LogP contribution < -0.4 is 0 Å². The van der Waals surface area contributed by atoms with Gasteiger partial charge in [-0.2, -0.15) is 0 Å². The predicted octanol–water partition coefficient (Wildman–Crippen LogP) is 0.537. The van der Waals surface area contributed by atoms with E-state index in [1.54, 1.807) is 26.0 Å². The van der Waals surface area contributed by atoms with Crippen LogP contribution >= 0.6 is 11.8 Å². The van der Waals surface area contributed by atoms with E-state index in [0.717, 1.165) is 6.42 Å². The lowest BCUT2D eigenvalue weighted by Gasteiger charge is -2.21. The van der Waals surface area contributed by atoms with Crippen LogP contribution in [0.4, 0.5) is 0 Å². The second-order valence-electron chi connectivity index (χ2n) is 5.80. The van der Waals surface area contributed by atoms with Crippen molar-refractivity contribution < 1.29 is 23.7 Å². The van der Waals surface area contributed by atoms with Gasteiger partial charge in [0.25, 0.3) is 0 Å². The number of methoxy groups -OCH3 is 2. The third kappa shape index (κ3) is 4.65. The molecule has 2 aliphatic rings. The van der Waals surface area contributed by atoms with E-state index < -0.39 is 0 Å². The summed E-state index contributed by atoms with van der Waals surface area (Å²) in [6.07, 6.45) is 0.693. The van der Waals surface area contributed by atoms with Gasteiger partial charge < -0.3 is 23.7 Å². The van der Waals surface area contributed by atoms with E-state index in [4.69, 9.17) is 39.4 Å². The molecular weight excluding hydrogens is 302 g/mol. The van der Waals surface area contributed by atoms with Gasteiger partial charge in [-0.3, -0.25) is 0 Å². The molecule has 4 radical (unpaired) electrons. The summed E-state index contributed by atoms with van der Waals surface area (Å²) in [5.41, 5.74) is 0. The van der Waals surface area contributed by atoms with Crippen LogP contribution in [0.3, 0.4) is 0 Å². The SMILES string of the molecule is [B][C@@H]1O[C@H](COCSC2C[C@H]([B])O[C@@H]2COC)C(OC)[C@@H]1C. The molecule has 2 aliphatic heterocycles. The summed E-state index contributed by atoms with van der Waals surface area (Å²) in [5.74, 6) is 0.722. The summed E-state index contributed by atoms with van der Waals surface area (Å²) < 4.78 is 27.7. The maximum Gasteiger partial charge on any atom is 0.109 e. The van der Waals surface area contributed by atoms with Crippen molar-refractivity contribution in [2.45, 2.75) is 48.9 Å². The van der Waals surface area contributed by atoms with E-state index in [1.807, 2.05) is 6.92 Å². The first-order valence-electron chi connectivity index (χ1n) is 7.60. The number of hydrogen-bond donors (Lipinski definition) is 0. The average molecular weight is 326 g/mol. The molecule has 0 aromatic rings. The molecule has 0 aliphatic carbocycles. The zero-order valence-electron chi connectivity index (χ0n) is 13.5. The number of rotatable bonds is 8. The van der Waals surface area contributed by atoms with E-state index >= 15 is 0 Å². The van der Waals surface area contributed by atoms with Gasteiger partial charge in [0.15, 0.2) is 0 Å². The number of ether oxygens (including phenoxy) is 5. The molecule has 2 fully saturated rings.